The molecule has 0 fully saturated rings. The summed E-state index contributed by atoms with van der Waals surface area (Å²) in [6.07, 6.45) is 4.59. The standard InChI is InChI=1S/C12H27N3.HI/c1-5-9-14-11(13)15-10-12(6-2,7-3)8-4;/h5-10H2,1-4H3,(H3,13,14,15);1H. The van der Waals surface area contributed by atoms with E-state index in [1.807, 2.05) is 0 Å². The van der Waals surface area contributed by atoms with Gasteiger partial charge in [0.15, 0.2) is 5.96 Å². The maximum absolute atomic E-state index is 5.77. The lowest BCUT2D eigenvalue weighted by Crippen LogP contribution is -2.34. The Balaban J connectivity index is 0. The first-order valence-corrected chi connectivity index (χ1v) is 6.17. The van der Waals surface area contributed by atoms with E-state index < -0.39 is 0 Å². The van der Waals surface area contributed by atoms with E-state index in [0.29, 0.717) is 11.4 Å². The van der Waals surface area contributed by atoms with Crippen LogP contribution in [0, 0.1) is 5.41 Å². The molecule has 0 heterocycles. The van der Waals surface area contributed by atoms with E-state index in [1.165, 1.54) is 19.3 Å². The molecule has 0 saturated carbocycles. The van der Waals surface area contributed by atoms with Crippen LogP contribution in [0.15, 0.2) is 4.99 Å². The molecule has 0 aliphatic rings. The van der Waals surface area contributed by atoms with Crippen molar-refractivity contribution in [2.75, 3.05) is 13.1 Å². The van der Waals surface area contributed by atoms with Crippen LogP contribution in [0.3, 0.4) is 0 Å². The van der Waals surface area contributed by atoms with E-state index >= 15 is 0 Å². The van der Waals surface area contributed by atoms with Crippen molar-refractivity contribution in [1.29, 1.82) is 0 Å². The molecule has 3 N–H and O–H groups in total. The summed E-state index contributed by atoms with van der Waals surface area (Å²) in [7, 11) is 0. The van der Waals surface area contributed by atoms with Crippen LogP contribution in [-0.4, -0.2) is 19.0 Å². The second-order valence-corrected chi connectivity index (χ2v) is 4.19. The Labute approximate surface area is 118 Å². The van der Waals surface area contributed by atoms with Crippen LogP contribution in [-0.2, 0) is 0 Å². The van der Waals surface area contributed by atoms with E-state index in [1.54, 1.807) is 0 Å². The van der Waals surface area contributed by atoms with Gasteiger partial charge in [-0.2, -0.15) is 0 Å². The minimum absolute atomic E-state index is 0. The Kier molecular flexibility index (Phi) is 11.7. The normalized spacial score (nSPS) is 12.1. The molecule has 0 spiro atoms. The summed E-state index contributed by atoms with van der Waals surface area (Å²) < 4.78 is 0. The predicted molar refractivity (Wildman–Crippen MR) is 83.5 cm³/mol. The van der Waals surface area contributed by atoms with E-state index in [0.717, 1.165) is 19.5 Å². The second-order valence-electron chi connectivity index (χ2n) is 4.19. The molecule has 0 aromatic heterocycles. The van der Waals surface area contributed by atoms with Gasteiger partial charge in [0.05, 0.1) is 0 Å². The maximum Gasteiger partial charge on any atom is 0.188 e. The zero-order chi connectivity index (χ0) is 11.7. The van der Waals surface area contributed by atoms with Crippen molar-refractivity contribution in [3.05, 3.63) is 0 Å². The van der Waals surface area contributed by atoms with Gasteiger partial charge in [0, 0.05) is 13.1 Å². The van der Waals surface area contributed by atoms with Crippen LogP contribution in [0.4, 0.5) is 0 Å². The van der Waals surface area contributed by atoms with Gasteiger partial charge in [0.2, 0.25) is 0 Å². The van der Waals surface area contributed by atoms with Gasteiger partial charge >= 0.3 is 0 Å². The van der Waals surface area contributed by atoms with Gasteiger partial charge in [0.1, 0.15) is 0 Å². The molecule has 0 aromatic carbocycles. The summed E-state index contributed by atoms with van der Waals surface area (Å²) in [6, 6.07) is 0. The SMILES string of the molecule is CCCNC(N)=NCC(CC)(CC)CC.I. The summed E-state index contributed by atoms with van der Waals surface area (Å²) in [6.45, 7) is 10.6. The maximum atomic E-state index is 5.77. The zero-order valence-corrected chi connectivity index (χ0v) is 13.5. The summed E-state index contributed by atoms with van der Waals surface area (Å²) in [5.41, 5.74) is 6.12. The molecule has 0 radical (unpaired) electrons. The van der Waals surface area contributed by atoms with Crippen LogP contribution in [0.5, 0.6) is 0 Å². The van der Waals surface area contributed by atoms with E-state index in [-0.39, 0.29) is 24.0 Å². The molecule has 98 valence electrons. The summed E-state index contributed by atoms with van der Waals surface area (Å²) in [5.74, 6) is 0.594. The number of aliphatic imine (C=N–C) groups is 1. The van der Waals surface area contributed by atoms with Gasteiger partial charge < -0.3 is 11.1 Å². The molecule has 3 nitrogen and oxygen atoms in total. The van der Waals surface area contributed by atoms with E-state index in [2.05, 4.69) is 38.0 Å². The number of nitrogens with one attached hydrogen (secondary N) is 1. The van der Waals surface area contributed by atoms with Crippen LogP contribution >= 0.6 is 24.0 Å². The van der Waals surface area contributed by atoms with Gasteiger partial charge in [-0.1, -0.05) is 27.7 Å². The van der Waals surface area contributed by atoms with Crippen molar-refractivity contribution < 1.29 is 0 Å². The number of hydrogen-bond acceptors (Lipinski definition) is 1. The van der Waals surface area contributed by atoms with Crippen molar-refractivity contribution in [3.8, 4) is 0 Å². The molecule has 0 bridgehead atoms. The third-order valence-electron chi connectivity index (χ3n) is 3.39. The molecule has 0 aliphatic heterocycles. The largest absolute Gasteiger partial charge is 0.370 e. The minimum atomic E-state index is 0. The quantitative estimate of drug-likeness (QED) is 0.425. The van der Waals surface area contributed by atoms with Crippen molar-refractivity contribution in [1.82, 2.24) is 5.32 Å². The van der Waals surface area contributed by atoms with E-state index in [4.69, 9.17) is 5.73 Å². The molecule has 0 rings (SSSR count). The Morgan fingerprint density at radius 3 is 2.00 bits per heavy atom. The monoisotopic (exact) mass is 341 g/mol. The average molecular weight is 341 g/mol. The molecule has 0 saturated heterocycles. The first kappa shape index (κ1) is 18.4. The highest BCUT2D eigenvalue weighted by molar-refractivity contribution is 14.0. The second kappa shape index (κ2) is 10.2. The molecule has 4 heteroatoms. The van der Waals surface area contributed by atoms with Crippen molar-refractivity contribution in [2.45, 2.75) is 53.4 Å². The Morgan fingerprint density at radius 1 is 1.12 bits per heavy atom. The number of nitrogens with two attached hydrogens (primary N) is 1. The lowest BCUT2D eigenvalue weighted by Gasteiger charge is -2.28. The van der Waals surface area contributed by atoms with E-state index in [9.17, 15) is 0 Å². The Hall–Kier alpha value is 0. The first-order chi connectivity index (χ1) is 7.14. The van der Waals surface area contributed by atoms with Gasteiger partial charge in [0.25, 0.3) is 0 Å². The van der Waals surface area contributed by atoms with Crippen LogP contribution in [0.1, 0.15) is 53.4 Å². The molecule has 0 unspecified atom stereocenters. The van der Waals surface area contributed by atoms with Gasteiger partial charge in [-0.3, -0.25) is 4.99 Å². The topological polar surface area (TPSA) is 50.4 Å². The van der Waals surface area contributed by atoms with Crippen LogP contribution in [0.25, 0.3) is 0 Å². The number of rotatable bonds is 7. The number of halogens is 1. The van der Waals surface area contributed by atoms with Gasteiger partial charge in [-0.15, -0.1) is 24.0 Å². The average Bonchev–Trinajstić information content (AvgIpc) is 2.29. The molecule has 0 aromatic rings. The highest BCUT2D eigenvalue weighted by Gasteiger charge is 2.23. The fourth-order valence-electron chi connectivity index (χ4n) is 1.65. The molecule has 0 atom stereocenters. The van der Waals surface area contributed by atoms with Gasteiger partial charge in [-0.05, 0) is 31.1 Å². The number of nitrogens with zero attached hydrogens (tertiary/aromatic N) is 1. The Bertz CT molecular complexity index is 180. The molecule has 0 amide bonds. The van der Waals surface area contributed by atoms with Crippen molar-refractivity contribution >= 4 is 29.9 Å². The molecule has 16 heavy (non-hydrogen) atoms. The molecule has 0 aliphatic carbocycles. The van der Waals surface area contributed by atoms with Crippen LogP contribution < -0.4 is 11.1 Å². The molecular weight excluding hydrogens is 313 g/mol. The summed E-state index contributed by atoms with van der Waals surface area (Å²) in [4.78, 5) is 4.43. The first-order valence-electron chi connectivity index (χ1n) is 6.17. The summed E-state index contributed by atoms with van der Waals surface area (Å²) in [5, 5.41) is 3.10. The molecular formula is C12H28IN3. The zero-order valence-electron chi connectivity index (χ0n) is 11.2. The third kappa shape index (κ3) is 6.55. The Morgan fingerprint density at radius 2 is 1.62 bits per heavy atom. The van der Waals surface area contributed by atoms with Crippen molar-refractivity contribution in [3.63, 3.8) is 0 Å². The summed E-state index contributed by atoms with van der Waals surface area (Å²) >= 11 is 0. The lowest BCUT2D eigenvalue weighted by molar-refractivity contribution is 0.263. The fourth-order valence-corrected chi connectivity index (χ4v) is 1.65. The highest BCUT2D eigenvalue weighted by Crippen LogP contribution is 2.30. The third-order valence-corrected chi connectivity index (χ3v) is 3.39. The predicted octanol–water partition coefficient (Wildman–Crippen LogP) is 3.14. The smallest absolute Gasteiger partial charge is 0.188 e. The van der Waals surface area contributed by atoms with Gasteiger partial charge in [-0.25, -0.2) is 0 Å². The van der Waals surface area contributed by atoms with Crippen molar-refractivity contribution in [2.24, 2.45) is 16.1 Å². The fraction of sp³-hybridized carbons (Fsp3) is 0.917. The highest BCUT2D eigenvalue weighted by atomic mass is 127. The number of guanidine groups is 1. The lowest BCUT2D eigenvalue weighted by atomic mass is 9.80. The van der Waals surface area contributed by atoms with Crippen LogP contribution in [0.2, 0.25) is 0 Å². The number of hydrogen-bond donors (Lipinski definition) is 2. The minimum Gasteiger partial charge on any atom is -0.370 e.